The molecule has 24 heavy (non-hydrogen) atoms. The third-order valence-electron chi connectivity index (χ3n) is 4.90. The van der Waals surface area contributed by atoms with Crippen LogP contribution in [0.5, 0.6) is 0 Å². The van der Waals surface area contributed by atoms with E-state index >= 15 is 0 Å². The molecule has 0 aromatic heterocycles. The zero-order valence-electron chi connectivity index (χ0n) is 14.6. The summed E-state index contributed by atoms with van der Waals surface area (Å²) in [5.74, 6) is -2.31. The molecule has 2 fully saturated rings. The molecule has 0 radical (unpaired) electrons. The Morgan fingerprint density at radius 2 is 1.79 bits per heavy atom. The molecule has 6 heteroatoms. The summed E-state index contributed by atoms with van der Waals surface area (Å²) in [6.07, 6.45) is 3.20. The molecule has 0 spiro atoms. The highest BCUT2D eigenvalue weighted by Crippen LogP contribution is 2.38. The molecule has 2 rings (SSSR count). The van der Waals surface area contributed by atoms with Gasteiger partial charge in [-0.05, 0) is 37.0 Å². The molecule has 1 saturated carbocycles. The maximum atomic E-state index is 12.3. The van der Waals surface area contributed by atoms with Crippen LogP contribution < -0.4 is 0 Å². The van der Waals surface area contributed by atoms with Gasteiger partial charge >= 0.3 is 17.9 Å². The van der Waals surface area contributed by atoms with Crippen molar-refractivity contribution >= 4 is 17.9 Å². The molecule has 2 unspecified atom stereocenters. The average Bonchev–Trinajstić information content (AvgIpc) is 2.88. The fraction of sp³-hybridized carbons (Fsp3) is 0.722. The van der Waals surface area contributed by atoms with Gasteiger partial charge in [0.1, 0.15) is 18.6 Å². The summed E-state index contributed by atoms with van der Waals surface area (Å²) in [5, 5.41) is 0. The molecule has 0 bridgehead atoms. The van der Waals surface area contributed by atoms with Crippen LogP contribution in [0.4, 0.5) is 0 Å². The van der Waals surface area contributed by atoms with Crippen molar-refractivity contribution in [3.63, 3.8) is 0 Å². The van der Waals surface area contributed by atoms with Gasteiger partial charge in [0, 0.05) is 6.08 Å². The minimum absolute atomic E-state index is 0.121. The lowest BCUT2D eigenvalue weighted by Gasteiger charge is -2.36. The predicted octanol–water partition coefficient (Wildman–Crippen LogP) is 2.41. The SMILES string of the molecule is C=CC(=O)OC1C(=O)OCC1C(=O)OC1CCC(C(C)(C)C)CC1. The summed E-state index contributed by atoms with van der Waals surface area (Å²) >= 11 is 0. The van der Waals surface area contributed by atoms with Crippen molar-refractivity contribution in [3.8, 4) is 0 Å². The monoisotopic (exact) mass is 338 g/mol. The number of carbonyl (C=O) groups is 3. The number of ether oxygens (including phenoxy) is 3. The van der Waals surface area contributed by atoms with E-state index in [1.54, 1.807) is 0 Å². The summed E-state index contributed by atoms with van der Waals surface area (Å²) in [6.45, 7) is 9.83. The smallest absolute Gasteiger partial charge is 0.348 e. The van der Waals surface area contributed by atoms with Crippen LogP contribution in [0.3, 0.4) is 0 Å². The summed E-state index contributed by atoms with van der Waals surface area (Å²) < 4.78 is 15.3. The number of hydrogen-bond donors (Lipinski definition) is 0. The summed E-state index contributed by atoms with van der Waals surface area (Å²) in [6, 6.07) is 0. The van der Waals surface area contributed by atoms with Gasteiger partial charge in [0.25, 0.3) is 0 Å². The first-order chi connectivity index (χ1) is 11.2. The van der Waals surface area contributed by atoms with Crippen molar-refractivity contribution in [2.75, 3.05) is 6.61 Å². The van der Waals surface area contributed by atoms with Crippen LogP contribution in [0.1, 0.15) is 46.5 Å². The third-order valence-corrected chi connectivity index (χ3v) is 4.90. The van der Waals surface area contributed by atoms with Gasteiger partial charge in [0.15, 0.2) is 0 Å². The van der Waals surface area contributed by atoms with E-state index in [1.807, 2.05) is 0 Å². The Balaban J connectivity index is 1.89. The van der Waals surface area contributed by atoms with E-state index in [-0.39, 0.29) is 18.1 Å². The molecule has 134 valence electrons. The number of cyclic esters (lactones) is 1. The van der Waals surface area contributed by atoms with Gasteiger partial charge in [-0.3, -0.25) is 4.79 Å². The second-order valence-electron chi connectivity index (χ2n) is 7.57. The average molecular weight is 338 g/mol. The lowest BCUT2D eigenvalue weighted by Crippen LogP contribution is -2.37. The number of hydrogen-bond acceptors (Lipinski definition) is 6. The second-order valence-corrected chi connectivity index (χ2v) is 7.57. The van der Waals surface area contributed by atoms with Crippen LogP contribution in [0, 0.1) is 17.3 Å². The van der Waals surface area contributed by atoms with Gasteiger partial charge in [0.05, 0.1) is 0 Å². The van der Waals surface area contributed by atoms with Crippen molar-refractivity contribution < 1.29 is 28.6 Å². The van der Waals surface area contributed by atoms with Crippen molar-refractivity contribution in [1.29, 1.82) is 0 Å². The molecule has 2 aliphatic rings. The molecule has 1 saturated heterocycles. The van der Waals surface area contributed by atoms with Gasteiger partial charge < -0.3 is 14.2 Å². The highest BCUT2D eigenvalue weighted by molar-refractivity contribution is 5.90. The topological polar surface area (TPSA) is 78.9 Å². The van der Waals surface area contributed by atoms with Crippen molar-refractivity contribution in [2.24, 2.45) is 17.3 Å². The van der Waals surface area contributed by atoms with E-state index in [4.69, 9.17) is 14.2 Å². The van der Waals surface area contributed by atoms with Crippen LogP contribution in [0.2, 0.25) is 0 Å². The Labute approximate surface area is 142 Å². The molecule has 0 aromatic carbocycles. The third kappa shape index (κ3) is 4.36. The Bertz CT molecular complexity index is 510. The Kier molecular flexibility index (Phi) is 5.67. The maximum absolute atomic E-state index is 12.3. The second kappa shape index (κ2) is 7.36. The fourth-order valence-corrected chi connectivity index (χ4v) is 3.30. The zero-order chi connectivity index (χ0) is 17.9. The van der Waals surface area contributed by atoms with Gasteiger partial charge in [0.2, 0.25) is 6.10 Å². The highest BCUT2D eigenvalue weighted by atomic mass is 16.6. The van der Waals surface area contributed by atoms with E-state index < -0.39 is 29.9 Å². The van der Waals surface area contributed by atoms with Crippen molar-refractivity contribution in [2.45, 2.75) is 58.7 Å². The van der Waals surface area contributed by atoms with Gasteiger partial charge in [-0.2, -0.15) is 0 Å². The predicted molar refractivity (Wildman–Crippen MR) is 85.8 cm³/mol. The normalized spacial score (nSPS) is 30.4. The van der Waals surface area contributed by atoms with Crippen molar-refractivity contribution in [1.82, 2.24) is 0 Å². The molecule has 1 aliphatic heterocycles. The van der Waals surface area contributed by atoms with Crippen LogP contribution in [0.25, 0.3) is 0 Å². The first kappa shape index (κ1) is 18.5. The molecular formula is C18H26O6. The first-order valence-electron chi connectivity index (χ1n) is 8.42. The van der Waals surface area contributed by atoms with Crippen LogP contribution in [-0.2, 0) is 28.6 Å². The van der Waals surface area contributed by atoms with E-state index in [2.05, 4.69) is 27.4 Å². The minimum atomic E-state index is -1.24. The summed E-state index contributed by atoms with van der Waals surface area (Å²) in [5.41, 5.74) is 0.255. The van der Waals surface area contributed by atoms with Crippen LogP contribution in [0.15, 0.2) is 12.7 Å². The number of rotatable bonds is 4. The maximum Gasteiger partial charge on any atom is 0.348 e. The quantitative estimate of drug-likeness (QED) is 0.445. The van der Waals surface area contributed by atoms with Gasteiger partial charge in [-0.15, -0.1) is 0 Å². The Hall–Kier alpha value is -1.85. The zero-order valence-corrected chi connectivity index (χ0v) is 14.6. The van der Waals surface area contributed by atoms with E-state index in [9.17, 15) is 14.4 Å². The highest BCUT2D eigenvalue weighted by Gasteiger charge is 2.46. The fourth-order valence-electron chi connectivity index (χ4n) is 3.30. The molecule has 0 aromatic rings. The molecule has 0 amide bonds. The van der Waals surface area contributed by atoms with Gasteiger partial charge in [-0.25, -0.2) is 9.59 Å². The van der Waals surface area contributed by atoms with Crippen LogP contribution in [-0.4, -0.2) is 36.7 Å². The van der Waals surface area contributed by atoms with Crippen LogP contribution >= 0.6 is 0 Å². The summed E-state index contributed by atoms with van der Waals surface area (Å²) in [4.78, 5) is 35.3. The lowest BCUT2D eigenvalue weighted by molar-refractivity contribution is -0.166. The van der Waals surface area contributed by atoms with E-state index in [0.29, 0.717) is 5.92 Å². The Morgan fingerprint density at radius 3 is 2.33 bits per heavy atom. The summed E-state index contributed by atoms with van der Waals surface area (Å²) in [7, 11) is 0. The molecule has 0 N–H and O–H groups in total. The van der Waals surface area contributed by atoms with Gasteiger partial charge in [-0.1, -0.05) is 27.4 Å². The molecule has 1 aliphatic carbocycles. The number of esters is 3. The molecule has 6 nitrogen and oxygen atoms in total. The molecular weight excluding hydrogens is 312 g/mol. The minimum Gasteiger partial charge on any atom is -0.462 e. The Morgan fingerprint density at radius 1 is 1.17 bits per heavy atom. The first-order valence-corrected chi connectivity index (χ1v) is 8.42. The molecule has 1 heterocycles. The van der Waals surface area contributed by atoms with E-state index in [0.717, 1.165) is 31.8 Å². The molecule has 2 atom stereocenters. The van der Waals surface area contributed by atoms with E-state index in [1.165, 1.54) is 0 Å². The van der Waals surface area contributed by atoms with Crippen molar-refractivity contribution in [3.05, 3.63) is 12.7 Å². The standard InChI is InChI=1S/C18H26O6/c1-5-14(19)24-15-13(10-22-17(15)21)16(20)23-12-8-6-11(7-9-12)18(2,3)4/h5,11-13,15H,1,6-10H2,2-4H3. The lowest BCUT2D eigenvalue weighted by atomic mass is 9.72. The number of carbonyl (C=O) groups excluding carboxylic acids is 3. The largest absolute Gasteiger partial charge is 0.462 e.